The highest BCUT2D eigenvalue weighted by atomic mass is 16.7. The van der Waals surface area contributed by atoms with Crippen molar-refractivity contribution < 1.29 is 14.3 Å². The zero-order valence-corrected chi connectivity index (χ0v) is 16.4. The fourth-order valence-electron chi connectivity index (χ4n) is 4.06. The van der Waals surface area contributed by atoms with Gasteiger partial charge in [0, 0.05) is 26.3 Å². The molecule has 2 aliphatic heterocycles. The van der Waals surface area contributed by atoms with E-state index >= 15 is 0 Å². The Morgan fingerprint density at radius 3 is 2.84 bits per heavy atom. The number of nitrogens with one attached hydrogen (secondary N) is 1. The molecule has 0 aliphatic carbocycles. The topological polar surface area (TPSA) is 47.6 Å². The van der Waals surface area contributed by atoms with Gasteiger partial charge in [0.15, 0.2) is 5.79 Å². The molecule has 2 rings (SSSR count). The van der Waals surface area contributed by atoms with Crippen LogP contribution in [0.2, 0.25) is 0 Å². The Morgan fingerprint density at radius 2 is 2.12 bits per heavy atom. The Labute approximate surface area is 153 Å². The summed E-state index contributed by atoms with van der Waals surface area (Å²) in [5.74, 6) is 0.801. The van der Waals surface area contributed by atoms with Gasteiger partial charge in [-0.05, 0) is 56.8 Å². The van der Waals surface area contributed by atoms with Crippen LogP contribution in [-0.2, 0) is 14.3 Å². The third-order valence-corrected chi connectivity index (χ3v) is 5.83. The minimum atomic E-state index is -0.356. The molecule has 0 aromatic heterocycles. The SMILES string of the molecule is C=C[C@@H](C)CC[C@@H]1CCC[C@]2(CC[C@H](C)[C@@H](CCCNC(C)=O)O2)O1. The van der Waals surface area contributed by atoms with Gasteiger partial charge in [-0.3, -0.25) is 4.79 Å². The minimum Gasteiger partial charge on any atom is -0.356 e. The predicted molar refractivity (Wildman–Crippen MR) is 101 cm³/mol. The quantitative estimate of drug-likeness (QED) is 0.514. The second-order valence-electron chi connectivity index (χ2n) is 8.13. The lowest BCUT2D eigenvalue weighted by Gasteiger charge is -2.48. The van der Waals surface area contributed by atoms with Gasteiger partial charge in [-0.2, -0.15) is 0 Å². The largest absolute Gasteiger partial charge is 0.356 e. The van der Waals surface area contributed by atoms with Crippen LogP contribution in [0.1, 0.15) is 78.6 Å². The van der Waals surface area contributed by atoms with Crippen molar-refractivity contribution >= 4 is 5.91 Å². The van der Waals surface area contributed by atoms with Crippen LogP contribution < -0.4 is 5.32 Å². The van der Waals surface area contributed by atoms with E-state index in [1.165, 1.54) is 12.8 Å². The highest BCUT2D eigenvalue weighted by Gasteiger charge is 2.44. The van der Waals surface area contributed by atoms with Crippen molar-refractivity contribution in [1.82, 2.24) is 5.32 Å². The Bertz CT molecular complexity index is 439. The first-order chi connectivity index (χ1) is 11.9. The van der Waals surface area contributed by atoms with Crippen LogP contribution in [-0.4, -0.2) is 30.4 Å². The molecule has 0 bridgehead atoms. The summed E-state index contributed by atoms with van der Waals surface area (Å²) in [7, 11) is 0. The molecule has 5 atom stereocenters. The first-order valence-electron chi connectivity index (χ1n) is 10.2. The maximum atomic E-state index is 11.0. The van der Waals surface area contributed by atoms with Crippen LogP contribution in [0.4, 0.5) is 0 Å². The third-order valence-electron chi connectivity index (χ3n) is 5.83. The molecule has 4 heteroatoms. The molecule has 2 fully saturated rings. The molecule has 144 valence electrons. The number of allylic oxidation sites excluding steroid dienone is 1. The van der Waals surface area contributed by atoms with Gasteiger partial charge < -0.3 is 14.8 Å². The summed E-state index contributed by atoms with van der Waals surface area (Å²) < 4.78 is 13.0. The van der Waals surface area contributed by atoms with Crippen molar-refractivity contribution in [3.05, 3.63) is 12.7 Å². The molecule has 0 aromatic carbocycles. The second kappa shape index (κ2) is 9.72. The number of ether oxygens (including phenoxy) is 2. The standard InChI is InChI=1S/C21H37NO3/c1-5-16(2)10-11-19-8-6-13-21(24-19)14-12-17(3)20(25-21)9-7-15-22-18(4)23/h5,16-17,19-20H,1,6-15H2,2-4H3,(H,22,23)/t16-,17+,19+,20-,21+/m1/s1. The molecule has 2 heterocycles. The van der Waals surface area contributed by atoms with E-state index in [1.807, 2.05) is 6.08 Å². The molecule has 25 heavy (non-hydrogen) atoms. The minimum absolute atomic E-state index is 0.0429. The summed E-state index contributed by atoms with van der Waals surface area (Å²) in [6, 6.07) is 0. The number of rotatable bonds is 8. The molecule has 0 saturated carbocycles. The highest BCUT2D eigenvalue weighted by Crippen LogP contribution is 2.42. The van der Waals surface area contributed by atoms with Gasteiger partial charge in [0.1, 0.15) is 0 Å². The third kappa shape index (κ3) is 6.41. The van der Waals surface area contributed by atoms with Gasteiger partial charge in [0.05, 0.1) is 12.2 Å². The Morgan fingerprint density at radius 1 is 1.32 bits per heavy atom. The van der Waals surface area contributed by atoms with E-state index in [-0.39, 0.29) is 17.8 Å². The molecule has 2 saturated heterocycles. The number of amides is 1. The van der Waals surface area contributed by atoms with E-state index in [1.54, 1.807) is 6.92 Å². The summed E-state index contributed by atoms with van der Waals surface area (Å²) >= 11 is 0. The van der Waals surface area contributed by atoms with E-state index < -0.39 is 0 Å². The predicted octanol–water partition coefficient (Wildman–Crippen LogP) is 4.59. The lowest BCUT2D eigenvalue weighted by molar-refractivity contribution is -0.324. The van der Waals surface area contributed by atoms with Crippen molar-refractivity contribution in [2.45, 2.75) is 96.6 Å². The van der Waals surface area contributed by atoms with Crippen LogP contribution in [0.25, 0.3) is 0 Å². The Kier molecular flexibility index (Phi) is 7.95. The fourth-order valence-corrected chi connectivity index (χ4v) is 4.06. The van der Waals surface area contributed by atoms with Crippen LogP contribution in [0.5, 0.6) is 0 Å². The first kappa shape index (κ1) is 20.4. The summed E-state index contributed by atoms with van der Waals surface area (Å²) in [6.45, 7) is 10.7. The van der Waals surface area contributed by atoms with Crippen molar-refractivity contribution in [2.75, 3.05) is 6.54 Å². The average molecular weight is 352 g/mol. The fraction of sp³-hybridized carbons (Fsp3) is 0.857. The molecular formula is C21H37NO3. The molecule has 4 nitrogen and oxygen atoms in total. The normalized spacial score (nSPS) is 33.8. The lowest BCUT2D eigenvalue weighted by atomic mass is 9.85. The van der Waals surface area contributed by atoms with E-state index in [0.29, 0.717) is 17.9 Å². The van der Waals surface area contributed by atoms with Gasteiger partial charge >= 0.3 is 0 Å². The zero-order chi connectivity index (χ0) is 18.3. The van der Waals surface area contributed by atoms with Gasteiger partial charge in [0.2, 0.25) is 5.91 Å². The van der Waals surface area contributed by atoms with Gasteiger partial charge in [-0.1, -0.05) is 19.9 Å². The van der Waals surface area contributed by atoms with E-state index in [0.717, 1.165) is 51.5 Å². The van der Waals surface area contributed by atoms with Gasteiger partial charge in [0.25, 0.3) is 0 Å². The van der Waals surface area contributed by atoms with Crippen LogP contribution >= 0.6 is 0 Å². The van der Waals surface area contributed by atoms with E-state index in [9.17, 15) is 4.79 Å². The zero-order valence-electron chi connectivity index (χ0n) is 16.4. The number of hydrogen-bond donors (Lipinski definition) is 1. The highest BCUT2D eigenvalue weighted by molar-refractivity contribution is 5.72. The molecule has 2 aliphatic rings. The summed E-state index contributed by atoms with van der Waals surface area (Å²) in [5, 5.41) is 2.88. The lowest BCUT2D eigenvalue weighted by Crippen LogP contribution is -2.50. The Balaban J connectivity index is 1.84. The smallest absolute Gasteiger partial charge is 0.216 e. The first-order valence-corrected chi connectivity index (χ1v) is 10.2. The van der Waals surface area contributed by atoms with Crippen molar-refractivity contribution in [3.63, 3.8) is 0 Å². The summed E-state index contributed by atoms with van der Waals surface area (Å²) in [5.41, 5.74) is 0. The van der Waals surface area contributed by atoms with Crippen molar-refractivity contribution in [1.29, 1.82) is 0 Å². The molecule has 1 amide bonds. The molecule has 1 spiro atoms. The van der Waals surface area contributed by atoms with E-state index in [4.69, 9.17) is 9.47 Å². The maximum Gasteiger partial charge on any atom is 0.216 e. The molecule has 0 aromatic rings. The van der Waals surface area contributed by atoms with Crippen molar-refractivity contribution in [2.24, 2.45) is 11.8 Å². The van der Waals surface area contributed by atoms with Crippen LogP contribution in [0, 0.1) is 11.8 Å². The van der Waals surface area contributed by atoms with Crippen molar-refractivity contribution in [3.8, 4) is 0 Å². The molecular weight excluding hydrogens is 314 g/mol. The van der Waals surface area contributed by atoms with E-state index in [2.05, 4.69) is 25.7 Å². The van der Waals surface area contributed by atoms with Crippen LogP contribution in [0.3, 0.4) is 0 Å². The second-order valence-corrected chi connectivity index (χ2v) is 8.13. The monoisotopic (exact) mass is 351 g/mol. The summed E-state index contributed by atoms with van der Waals surface area (Å²) in [6.07, 6.45) is 12.3. The summed E-state index contributed by atoms with van der Waals surface area (Å²) in [4.78, 5) is 11.0. The van der Waals surface area contributed by atoms with Crippen LogP contribution in [0.15, 0.2) is 12.7 Å². The molecule has 0 radical (unpaired) electrons. The van der Waals surface area contributed by atoms with Gasteiger partial charge in [-0.25, -0.2) is 0 Å². The van der Waals surface area contributed by atoms with Gasteiger partial charge in [-0.15, -0.1) is 6.58 Å². The molecule has 0 unspecified atom stereocenters. The number of carbonyl (C=O) groups is 1. The maximum absolute atomic E-state index is 11.0. The number of hydrogen-bond acceptors (Lipinski definition) is 3. The molecule has 1 N–H and O–H groups in total. The number of carbonyl (C=O) groups excluding carboxylic acids is 1. The Hall–Kier alpha value is -0.870. The average Bonchev–Trinajstić information content (AvgIpc) is 2.59.